The molecular weight excluding hydrogens is 396 g/mol. The first-order chi connectivity index (χ1) is 14.4. The number of benzene rings is 2. The van der Waals surface area contributed by atoms with E-state index in [1.165, 1.54) is 17.3 Å². The number of amides is 1. The largest absolute Gasteiger partial charge is 0.482 e. The molecule has 0 spiro atoms. The van der Waals surface area contributed by atoms with Crippen molar-refractivity contribution in [3.8, 4) is 5.75 Å². The normalized spacial score (nSPS) is 11.9. The van der Waals surface area contributed by atoms with Crippen LogP contribution in [0.5, 0.6) is 5.75 Å². The number of aromatic nitrogens is 3. The zero-order chi connectivity index (χ0) is 21.7. The van der Waals surface area contributed by atoms with E-state index in [4.69, 9.17) is 4.74 Å². The van der Waals surface area contributed by atoms with Crippen molar-refractivity contribution >= 4 is 23.4 Å². The topological polar surface area (TPSA) is 69.0 Å². The van der Waals surface area contributed by atoms with Gasteiger partial charge in [0.25, 0.3) is 0 Å². The second-order valence-corrected chi connectivity index (χ2v) is 8.21. The first-order valence-corrected chi connectivity index (χ1v) is 11.0. The molecule has 0 radical (unpaired) electrons. The van der Waals surface area contributed by atoms with Crippen LogP contribution in [0.15, 0.2) is 47.6 Å². The molecule has 0 fully saturated rings. The number of ether oxygens (including phenoxy) is 1. The Labute approximate surface area is 182 Å². The van der Waals surface area contributed by atoms with E-state index in [1.807, 2.05) is 75.6 Å². The van der Waals surface area contributed by atoms with Gasteiger partial charge in [0.15, 0.2) is 17.1 Å². The highest BCUT2D eigenvalue weighted by molar-refractivity contribution is 7.99. The molecule has 158 valence electrons. The standard InChI is InChI=1S/C23H28N4O2S/c1-6-27-22(18(5)29-20-10-8-7-9-16(20)3)25-26-23(27)30-14-21(28)24-19-12-11-15(2)13-17(19)4/h7-13,18H,6,14H2,1-5H3,(H,24,28). The number of rotatable bonds is 8. The van der Waals surface area contributed by atoms with Crippen molar-refractivity contribution in [1.82, 2.24) is 14.8 Å². The average Bonchev–Trinajstić information content (AvgIpc) is 3.13. The summed E-state index contributed by atoms with van der Waals surface area (Å²) in [5.41, 5.74) is 4.13. The van der Waals surface area contributed by atoms with Gasteiger partial charge in [0.2, 0.25) is 5.91 Å². The molecule has 30 heavy (non-hydrogen) atoms. The smallest absolute Gasteiger partial charge is 0.234 e. The van der Waals surface area contributed by atoms with Gasteiger partial charge in [-0.1, -0.05) is 47.7 Å². The fourth-order valence-electron chi connectivity index (χ4n) is 3.21. The number of aryl methyl sites for hydroxylation is 3. The van der Waals surface area contributed by atoms with Crippen molar-refractivity contribution in [2.45, 2.75) is 52.4 Å². The van der Waals surface area contributed by atoms with Crippen LogP contribution in [0.1, 0.15) is 42.5 Å². The zero-order valence-electron chi connectivity index (χ0n) is 18.1. The van der Waals surface area contributed by atoms with Crippen LogP contribution in [0, 0.1) is 20.8 Å². The molecule has 1 heterocycles. The summed E-state index contributed by atoms with van der Waals surface area (Å²) in [7, 11) is 0. The van der Waals surface area contributed by atoms with E-state index in [9.17, 15) is 4.79 Å². The van der Waals surface area contributed by atoms with Crippen LogP contribution in [-0.4, -0.2) is 26.4 Å². The minimum absolute atomic E-state index is 0.0663. The first-order valence-electron chi connectivity index (χ1n) is 10.0. The van der Waals surface area contributed by atoms with Gasteiger partial charge in [-0.25, -0.2) is 0 Å². The van der Waals surface area contributed by atoms with E-state index in [0.29, 0.717) is 11.7 Å². The summed E-state index contributed by atoms with van der Waals surface area (Å²) in [4.78, 5) is 12.4. The SMILES string of the molecule is CCn1c(SCC(=O)Nc2ccc(C)cc2C)nnc1C(C)Oc1ccccc1C. The van der Waals surface area contributed by atoms with E-state index in [2.05, 4.69) is 21.6 Å². The molecule has 6 nitrogen and oxygen atoms in total. The second kappa shape index (κ2) is 9.80. The van der Waals surface area contributed by atoms with E-state index < -0.39 is 0 Å². The summed E-state index contributed by atoms with van der Waals surface area (Å²) in [6, 6.07) is 13.9. The lowest BCUT2D eigenvalue weighted by Gasteiger charge is -2.17. The Morgan fingerprint density at radius 2 is 1.90 bits per heavy atom. The third-order valence-electron chi connectivity index (χ3n) is 4.81. The Balaban J connectivity index is 1.65. The van der Waals surface area contributed by atoms with Gasteiger partial charge < -0.3 is 14.6 Å². The molecule has 0 saturated carbocycles. The number of nitrogens with one attached hydrogen (secondary N) is 1. The minimum atomic E-state index is -0.253. The monoisotopic (exact) mass is 424 g/mol. The maximum Gasteiger partial charge on any atom is 0.234 e. The highest BCUT2D eigenvalue weighted by atomic mass is 32.2. The summed E-state index contributed by atoms with van der Waals surface area (Å²) in [6.07, 6.45) is -0.253. The quantitative estimate of drug-likeness (QED) is 0.510. The van der Waals surface area contributed by atoms with Gasteiger partial charge >= 0.3 is 0 Å². The Morgan fingerprint density at radius 1 is 1.13 bits per heavy atom. The van der Waals surface area contributed by atoms with Crippen molar-refractivity contribution < 1.29 is 9.53 Å². The molecule has 3 rings (SSSR count). The predicted molar refractivity (Wildman–Crippen MR) is 121 cm³/mol. The molecule has 0 bridgehead atoms. The lowest BCUT2D eigenvalue weighted by molar-refractivity contribution is -0.113. The van der Waals surface area contributed by atoms with Gasteiger partial charge in [-0.3, -0.25) is 4.79 Å². The molecule has 0 aliphatic rings. The molecule has 3 aromatic rings. The van der Waals surface area contributed by atoms with Gasteiger partial charge in [0.1, 0.15) is 5.75 Å². The molecule has 0 aliphatic carbocycles. The number of carbonyl (C=O) groups excluding carboxylic acids is 1. The maximum absolute atomic E-state index is 12.4. The fraction of sp³-hybridized carbons (Fsp3) is 0.348. The lowest BCUT2D eigenvalue weighted by Crippen LogP contribution is -2.16. The summed E-state index contributed by atoms with van der Waals surface area (Å²) in [6.45, 7) is 10.7. The molecular formula is C23H28N4O2S. The summed E-state index contributed by atoms with van der Waals surface area (Å²) >= 11 is 1.38. The van der Waals surface area contributed by atoms with Gasteiger partial charge in [0.05, 0.1) is 5.75 Å². The number of thioether (sulfide) groups is 1. The number of hydrogen-bond acceptors (Lipinski definition) is 5. The number of carbonyl (C=O) groups is 1. The highest BCUT2D eigenvalue weighted by Gasteiger charge is 2.20. The zero-order valence-corrected chi connectivity index (χ0v) is 18.9. The number of nitrogens with zero attached hydrogens (tertiary/aromatic N) is 3. The van der Waals surface area contributed by atoms with Crippen LogP contribution in [0.4, 0.5) is 5.69 Å². The molecule has 1 atom stereocenters. The lowest BCUT2D eigenvalue weighted by atomic mass is 10.1. The Bertz CT molecular complexity index is 1030. The maximum atomic E-state index is 12.4. The van der Waals surface area contributed by atoms with Crippen LogP contribution in [0.2, 0.25) is 0 Å². The van der Waals surface area contributed by atoms with E-state index in [0.717, 1.165) is 28.4 Å². The van der Waals surface area contributed by atoms with Gasteiger partial charge in [0, 0.05) is 12.2 Å². The van der Waals surface area contributed by atoms with Crippen molar-refractivity contribution in [3.63, 3.8) is 0 Å². The fourth-order valence-corrected chi connectivity index (χ4v) is 4.02. The molecule has 1 N–H and O–H groups in total. The molecule has 2 aromatic carbocycles. The molecule has 7 heteroatoms. The van der Waals surface area contributed by atoms with Crippen molar-refractivity contribution in [1.29, 1.82) is 0 Å². The minimum Gasteiger partial charge on any atom is -0.482 e. The Kier molecular flexibility index (Phi) is 7.15. The molecule has 1 unspecified atom stereocenters. The first kappa shape index (κ1) is 21.9. The van der Waals surface area contributed by atoms with E-state index >= 15 is 0 Å². The van der Waals surface area contributed by atoms with E-state index in [1.54, 1.807) is 0 Å². The van der Waals surface area contributed by atoms with Crippen molar-refractivity contribution in [3.05, 3.63) is 65.0 Å². The van der Waals surface area contributed by atoms with Crippen LogP contribution in [0.3, 0.4) is 0 Å². The molecule has 0 aliphatic heterocycles. The van der Waals surface area contributed by atoms with Crippen LogP contribution in [-0.2, 0) is 11.3 Å². The number of hydrogen-bond donors (Lipinski definition) is 1. The third-order valence-corrected chi connectivity index (χ3v) is 5.78. The summed E-state index contributed by atoms with van der Waals surface area (Å²) < 4.78 is 8.10. The molecule has 0 saturated heterocycles. The highest BCUT2D eigenvalue weighted by Crippen LogP contribution is 2.26. The molecule has 1 amide bonds. The van der Waals surface area contributed by atoms with Gasteiger partial charge in [-0.05, 0) is 57.9 Å². The summed E-state index contributed by atoms with van der Waals surface area (Å²) in [5, 5.41) is 12.3. The van der Waals surface area contributed by atoms with Gasteiger partial charge in [-0.2, -0.15) is 0 Å². The second-order valence-electron chi connectivity index (χ2n) is 7.27. The third kappa shape index (κ3) is 5.21. The summed E-state index contributed by atoms with van der Waals surface area (Å²) in [5.74, 6) is 1.78. The average molecular weight is 425 g/mol. The van der Waals surface area contributed by atoms with Crippen LogP contribution < -0.4 is 10.1 Å². The van der Waals surface area contributed by atoms with Crippen molar-refractivity contribution in [2.75, 3.05) is 11.1 Å². The van der Waals surface area contributed by atoms with Crippen molar-refractivity contribution in [2.24, 2.45) is 0 Å². The number of para-hydroxylation sites is 1. The van der Waals surface area contributed by atoms with E-state index in [-0.39, 0.29) is 17.8 Å². The Morgan fingerprint density at radius 3 is 2.60 bits per heavy atom. The predicted octanol–water partition coefficient (Wildman–Crippen LogP) is 5.09. The number of anilines is 1. The van der Waals surface area contributed by atoms with Gasteiger partial charge in [-0.15, -0.1) is 10.2 Å². The Hall–Kier alpha value is -2.80. The molecule has 1 aromatic heterocycles. The van der Waals surface area contributed by atoms with Crippen LogP contribution in [0.25, 0.3) is 0 Å². The van der Waals surface area contributed by atoms with Crippen LogP contribution >= 0.6 is 11.8 Å².